The maximum atomic E-state index is 9.00. The Morgan fingerprint density at radius 1 is 0.615 bits per heavy atom. The minimum Gasteiger partial charge on any atom is -1.00 e. The molecule has 0 amide bonds. The predicted octanol–water partition coefficient (Wildman–Crippen LogP) is -3.77. The molecule has 0 aromatic carbocycles. The van der Waals surface area contributed by atoms with E-state index in [2.05, 4.69) is 0 Å². The second kappa shape index (κ2) is 38.2. The van der Waals surface area contributed by atoms with Gasteiger partial charge in [0.1, 0.15) is 5.82 Å². The van der Waals surface area contributed by atoms with Crippen molar-refractivity contribution in [2.24, 2.45) is 17.2 Å². The summed E-state index contributed by atoms with van der Waals surface area (Å²) < 4.78 is 0. The Kier molecular flexibility index (Phi) is 64.2. The maximum absolute atomic E-state index is 9.00. The van der Waals surface area contributed by atoms with Gasteiger partial charge in [-0.3, -0.25) is 24.0 Å². The molecule has 152 valence electrons. The molecule has 0 aromatic rings. The topological polar surface area (TPSA) is 265 Å². The normalized spacial score (nSPS) is 6.04. The Bertz CT molecular complexity index is 327. The average Bonchev–Trinajstić information content (AvgIpc) is 2.24. The van der Waals surface area contributed by atoms with E-state index >= 15 is 0 Å². The fourth-order valence-corrected chi connectivity index (χ4v) is 0. The van der Waals surface area contributed by atoms with Crippen molar-refractivity contribution < 1.29 is 80.5 Å². The van der Waals surface area contributed by atoms with Gasteiger partial charge in [-0.2, -0.15) is 0 Å². The first kappa shape index (κ1) is 43.7. The summed E-state index contributed by atoms with van der Waals surface area (Å²) in [4.78, 5) is 45.0. The Labute approximate surface area is 174 Å². The molecule has 0 bridgehead atoms. The number of hydrogen-bond donors (Lipinski definition) is 8. The van der Waals surface area contributed by atoms with E-state index in [0.29, 0.717) is 0 Å². The first-order valence-electron chi connectivity index (χ1n) is 5.84. The van der Waals surface area contributed by atoms with Crippen molar-refractivity contribution in [1.29, 1.82) is 0 Å². The average molecular weight is 397 g/mol. The van der Waals surface area contributed by atoms with E-state index in [9.17, 15) is 0 Å². The molecule has 0 atom stereocenters. The molecular formula is C12H28N3NaO10. The maximum Gasteiger partial charge on any atom is 1.00 e. The Morgan fingerprint density at radius 3 is 0.654 bits per heavy atom. The van der Waals surface area contributed by atoms with E-state index < -0.39 is 29.8 Å². The molecular weight excluding hydrogens is 369 g/mol. The third kappa shape index (κ3) is 34700. The molecule has 0 fully saturated rings. The Balaban J connectivity index is -0.0000000264. The van der Waals surface area contributed by atoms with Gasteiger partial charge in [-0.05, 0) is 0 Å². The van der Waals surface area contributed by atoms with Crippen LogP contribution in [-0.2, 0) is 24.0 Å². The van der Waals surface area contributed by atoms with Gasteiger partial charge in [-0.15, -0.1) is 0 Å². The summed E-state index contributed by atoms with van der Waals surface area (Å²) in [5, 5.41) is 37.1. The third-order valence-electron chi connectivity index (χ3n) is 0.192. The van der Waals surface area contributed by atoms with E-state index in [0.717, 1.165) is 40.8 Å². The van der Waals surface area contributed by atoms with Gasteiger partial charge in [0.05, 0.1) is 0 Å². The van der Waals surface area contributed by atoms with Crippen LogP contribution in [0.2, 0.25) is 0 Å². The van der Waals surface area contributed by atoms with Gasteiger partial charge in [-0.1, -0.05) is 0 Å². The summed E-state index contributed by atoms with van der Waals surface area (Å²) in [5.41, 5.74) is 14.4. The zero-order chi connectivity index (χ0) is 22.2. The van der Waals surface area contributed by atoms with Crippen LogP contribution in [0.3, 0.4) is 0 Å². The van der Waals surface area contributed by atoms with Crippen LogP contribution in [0.1, 0.15) is 36.0 Å². The molecule has 0 heterocycles. The van der Waals surface area contributed by atoms with E-state index in [1.54, 1.807) is 0 Å². The first-order valence-corrected chi connectivity index (χ1v) is 5.84. The molecule has 0 aromatic heterocycles. The van der Waals surface area contributed by atoms with Crippen molar-refractivity contribution in [2.45, 2.75) is 34.6 Å². The van der Waals surface area contributed by atoms with Gasteiger partial charge in [0.15, 0.2) is 0 Å². The molecule has 0 aliphatic heterocycles. The summed E-state index contributed by atoms with van der Waals surface area (Å²) in [6.45, 7) is 5.42. The van der Waals surface area contributed by atoms with Crippen molar-refractivity contribution in [3.63, 3.8) is 0 Å². The van der Waals surface area contributed by atoms with Crippen molar-refractivity contribution >= 4 is 29.8 Å². The summed E-state index contributed by atoms with van der Waals surface area (Å²) in [5.74, 6) is -4.01. The number of carboxylic acid groups (broad SMARTS) is 5. The van der Waals surface area contributed by atoms with Crippen molar-refractivity contribution in [3.05, 3.63) is 12.0 Å². The zero-order valence-corrected chi connectivity index (χ0v) is 17.6. The van der Waals surface area contributed by atoms with Crippen LogP contribution >= 0.6 is 0 Å². The Morgan fingerprint density at radius 2 is 0.654 bits per heavy atom. The number of hydrogen-bond acceptors (Lipinski definition) is 8. The molecule has 0 unspecified atom stereocenters. The Hall–Kier alpha value is -2.51. The van der Waals surface area contributed by atoms with Gasteiger partial charge in [0.2, 0.25) is 0 Å². The standard InChI is InChI=1S/C2H7N3.5C2H4O2.Na.H/c3-1-2(4)5;5*1-2(3)4;;/h1H,3-5H2;5*1H3,(H,3,4);;/q;;;;;;+1;-1. The predicted molar refractivity (Wildman–Crippen MR) is 88.3 cm³/mol. The zero-order valence-electron chi connectivity index (χ0n) is 16.6. The molecule has 0 saturated carbocycles. The van der Waals surface area contributed by atoms with Crippen molar-refractivity contribution in [3.8, 4) is 0 Å². The van der Waals surface area contributed by atoms with Crippen LogP contribution in [0.5, 0.6) is 0 Å². The smallest absolute Gasteiger partial charge is 1.00 e. The van der Waals surface area contributed by atoms with Crippen LogP contribution in [0.15, 0.2) is 12.0 Å². The fourth-order valence-electron chi connectivity index (χ4n) is 0. The second-order valence-electron chi connectivity index (χ2n) is 3.26. The number of carbonyl (C=O) groups is 5. The van der Waals surface area contributed by atoms with E-state index in [4.69, 9.17) is 66.7 Å². The van der Waals surface area contributed by atoms with Gasteiger partial charge in [-0.25, -0.2) is 0 Å². The number of carboxylic acids is 5. The minimum atomic E-state index is -0.833. The van der Waals surface area contributed by atoms with E-state index in [1.165, 1.54) is 0 Å². The second-order valence-corrected chi connectivity index (χ2v) is 3.26. The monoisotopic (exact) mass is 397 g/mol. The summed E-state index contributed by atoms with van der Waals surface area (Å²) in [7, 11) is 0. The molecule has 0 saturated heterocycles. The molecule has 0 aliphatic carbocycles. The first-order chi connectivity index (χ1) is 10.9. The molecule has 11 N–H and O–H groups in total. The van der Waals surface area contributed by atoms with Crippen molar-refractivity contribution in [2.75, 3.05) is 0 Å². The van der Waals surface area contributed by atoms with Gasteiger partial charge in [0.25, 0.3) is 29.8 Å². The van der Waals surface area contributed by atoms with Crippen LogP contribution in [0, 0.1) is 0 Å². The summed E-state index contributed by atoms with van der Waals surface area (Å²) in [6, 6.07) is 0. The molecule has 0 aliphatic rings. The number of aliphatic carboxylic acids is 5. The molecule has 0 rings (SSSR count). The van der Waals surface area contributed by atoms with Crippen LogP contribution in [0.4, 0.5) is 0 Å². The largest absolute Gasteiger partial charge is 1.00 e. The quantitative estimate of drug-likeness (QED) is 0.183. The number of rotatable bonds is 0. The van der Waals surface area contributed by atoms with Gasteiger partial charge >= 0.3 is 29.6 Å². The molecule has 14 heteroatoms. The number of nitrogens with two attached hydrogens (primary N) is 3. The molecule has 26 heavy (non-hydrogen) atoms. The van der Waals surface area contributed by atoms with Crippen LogP contribution in [0.25, 0.3) is 0 Å². The third-order valence-corrected chi connectivity index (χ3v) is 0.192. The minimum absolute atomic E-state index is 0. The molecule has 0 spiro atoms. The fraction of sp³-hybridized carbons (Fsp3) is 0.417. The molecule has 13 nitrogen and oxygen atoms in total. The van der Waals surface area contributed by atoms with Crippen LogP contribution < -0.4 is 46.8 Å². The van der Waals surface area contributed by atoms with Gasteiger partial charge in [0, 0.05) is 40.8 Å². The van der Waals surface area contributed by atoms with Crippen LogP contribution in [-0.4, -0.2) is 55.4 Å². The van der Waals surface area contributed by atoms with E-state index in [-0.39, 0.29) is 36.8 Å². The molecule has 0 radical (unpaired) electrons. The summed E-state index contributed by atoms with van der Waals surface area (Å²) in [6.07, 6.45) is 1.14. The van der Waals surface area contributed by atoms with Crippen molar-refractivity contribution in [1.82, 2.24) is 0 Å². The summed E-state index contributed by atoms with van der Waals surface area (Å²) >= 11 is 0. The van der Waals surface area contributed by atoms with Gasteiger partial charge < -0.3 is 44.2 Å². The SMILES string of the molecule is CC(=O)O.CC(=O)O.CC(=O)O.CC(=O)O.CC(=O)O.NC=C(N)N.[H-].[Na+]. The van der Waals surface area contributed by atoms with E-state index in [1.807, 2.05) is 0 Å².